The number of rotatable bonds is 3. The highest BCUT2D eigenvalue weighted by Gasteiger charge is 2.25. The Morgan fingerprint density at radius 2 is 1.85 bits per heavy atom. The van der Waals surface area contributed by atoms with Crippen LogP contribution >= 0.6 is 11.6 Å². The molecule has 2 N–H and O–H groups in total. The van der Waals surface area contributed by atoms with E-state index in [9.17, 15) is 4.79 Å². The van der Waals surface area contributed by atoms with Crippen molar-refractivity contribution >= 4 is 34.7 Å². The van der Waals surface area contributed by atoms with Crippen molar-refractivity contribution in [3.8, 4) is 0 Å². The first kappa shape index (κ1) is 19.6. The molecule has 0 saturated heterocycles. The maximum Gasteiger partial charge on any atom is 0.407 e. The third kappa shape index (κ3) is 5.42. The molecule has 27 heavy (non-hydrogen) atoms. The first-order valence-corrected chi connectivity index (χ1v) is 9.63. The van der Waals surface area contributed by atoms with Crippen molar-refractivity contribution < 1.29 is 9.53 Å². The second-order valence-corrected chi connectivity index (χ2v) is 8.42. The minimum Gasteiger partial charge on any atom is -0.444 e. The molecule has 0 unspecified atom stereocenters. The summed E-state index contributed by atoms with van der Waals surface area (Å²) in [5.74, 6) is 0.596. The number of pyridine rings is 1. The summed E-state index contributed by atoms with van der Waals surface area (Å²) in [4.78, 5) is 25.1. The summed E-state index contributed by atoms with van der Waals surface area (Å²) in [7, 11) is 0. The van der Waals surface area contributed by atoms with Gasteiger partial charge in [-0.25, -0.2) is 19.7 Å². The summed E-state index contributed by atoms with van der Waals surface area (Å²) >= 11 is 5.98. The fraction of sp³-hybridized carbons (Fsp3) is 0.579. The van der Waals surface area contributed by atoms with E-state index in [2.05, 4.69) is 25.6 Å². The van der Waals surface area contributed by atoms with Gasteiger partial charge in [-0.15, -0.1) is 0 Å². The molecule has 1 aliphatic rings. The predicted molar refractivity (Wildman–Crippen MR) is 106 cm³/mol. The molecule has 2 aromatic heterocycles. The summed E-state index contributed by atoms with van der Waals surface area (Å²) in [5, 5.41) is 6.80. The zero-order valence-electron chi connectivity index (χ0n) is 16.2. The number of ether oxygens (including phenoxy) is 1. The molecule has 0 bridgehead atoms. The average Bonchev–Trinajstić information content (AvgIpc) is 2.55. The van der Waals surface area contributed by atoms with E-state index in [1.165, 1.54) is 0 Å². The lowest BCUT2D eigenvalue weighted by Gasteiger charge is -2.30. The summed E-state index contributed by atoms with van der Waals surface area (Å²) in [6.45, 7) is 7.55. The van der Waals surface area contributed by atoms with Gasteiger partial charge in [0.25, 0.3) is 0 Å². The zero-order chi connectivity index (χ0) is 19.6. The number of amides is 1. The standard InChI is InChI=1S/C19H26ClN5O2/c1-11-9-15(20)24-14-10-21-17(25-16(11)14)22-12-5-7-13(8-6-12)23-18(26)27-19(2,3)4/h9-10,12-13H,5-8H2,1-4H3,(H,23,26)(H,21,22,25). The van der Waals surface area contributed by atoms with Gasteiger partial charge in [0.15, 0.2) is 0 Å². The van der Waals surface area contributed by atoms with Crippen molar-refractivity contribution in [1.82, 2.24) is 20.3 Å². The minimum atomic E-state index is -0.479. The molecule has 1 fully saturated rings. The Hall–Kier alpha value is -2.15. The molecule has 2 aromatic rings. The van der Waals surface area contributed by atoms with Crippen LogP contribution < -0.4 is 10.6 Å². The Bertz CT molecular complexity index is 829. The smallest absolute Gasteiger partial charge is 0.407 e. The van der Waals surface area contributed by atoms with Crippen molar-refractivity contribution in [3.63, 3.8) is 0 Å². The monoisotopic (exact) mass is 391 g/mol. The lowest BCUT2D eigenvalue weighted by Crippen LogP contribution is -2.42. The highest BCUT2D eigenvalue weighted by atomic mass is 35.5. The van der Waals surface area contributed by atoms with Crippen LogP contribution in [0.15, 0.2) is 12.3 Å². The zero-order valence-corrected chi connectivity index (χ0v) is 16.9. The molecule has 2 heterocycles. The van der Waals surface area contributed by atoms with E-state index >= 15 is 0 Å². The summed E-state index contributed by atoms with van der Waals surface area (Å²) in [6.07, 6.45) is 4.98. The van der Waals surface area contributed by atoms with Gasteiger partial charge in [-0.1, -0.05) is 11.6 Å². The number of anilines is 1. The van der Waals surface area contributed by atoms with Crippen molar-refractivity contribution in [3.05, 3.63) is 23.0 Å². The van der Waals surface area contributed by atoms with Gasteiger partial charge in [-0.2, -0.15) is 0 Å². The number of nitrogens with one attached hydrogen (secondary N) is 2. The van der Waals surface area contributed by atoms with Gasteiger partial charge in [0.2, 0.25) is 5.95 Å². The number of hydrogen-bond donors (Lipinski definition) is 2. The van der Waals surface area contributed by atoms with Crippen molar-refractivity contribution in [1.29, 1.82) is 0 Å². The van der Waals surface area contributed by atoms with E-state index < -0.39 is 5.60 Å². The van der Waals surface area contributed by atoms with Gasteiger partial charge >= 0.3 is 6.09 Å². The van der Waals surface area contributed by atoms with Crippen LogP contribution in [0.4, 0.5) is 10.7 Å². The Morgan fingerprint density at radius 3 is 2.52 bits per heavy atom. The van der Waals surface area contributed by atoms with Gasteiger partial charge in [-0.05, 0) is 65.0 Å². The lowest BCUT2D eigenvalue weighted by atomic mass is 9.91. The maximum atomic E-state index is 11.9. The van der Waals surface area contributed by atoms with E-state index in [1.807, 2.05) is 27.7 Å². The van der Waals surface area contributed by atoms with Crippen molar-refractivity contribution in [2.24, 2.45) is 0 Å². The SMILES string of the molecule is Cc1cc(Cl)nc2cnc(NC3CCC(NC(=O)OC(C)(C)C)CC3)nc12. The minimum absolute atomic E-state index is 0.143. The van der Waals surface area contributed by atoms with Crippen molar-refractivity contribution in [2.45, 2.75) is 71.1 Å². The molecule has 0 aliphatic heterocycles. The Labute approximate surface area is 164 Å². The largest absolute Gasteiger partial charge is 0.444 e. The van der Waals surface area contributed by atoms with Crippen LogP contribution in [0.25, 0.3) is 11.0 Å². The Morgan fingerprint density at radius 1 is 1.19 bits per heavy atom. The second-order valence-electron chi connectivity index (χ2n) is 8.03. The number of carbonyl (C=O) groups is 1. The average molecular weight is 392 g/mol. The molecule has 3 rings (SSSR count). The lowest BCUT2D eigenvalue weighted by molar-refractivity contribution is 0.0492. The third-order valence-electron chi connectivity index (χ3n) is 4.49. The maximum absolute atomic E-state index is 11.9. The van der Waals surface area contributed by atoms with Crippen LogP contribution in [0.5, 0.6) is 0 Å². The summed E-state index contributed by atoms with van der Waals surface area (Å²) in [6, 6.07) is 2.22. The highest BCUT2D eigenvalue weighted by Crippen LogP contribution is 2.23. The molecule has 0 atom stereocenters. The van der Waals surface area contributed by atoms with E-state index in [4.69, 9.17) is 16.3 Å². The molecule has 1 amide bonds. The molecule has 0 aromatic carbocycles. The molecule has 0 radical (unpaired) electrons. The predicted octanol–water partition coefficient (Wildman–Crippen LogP) is 4.23. The number of carbonyl (C=O) groups excluding carboxylic acids is 1. The number of halogens is 1. The number of hydrogen-bond acceptors (Lipinski definition) is 6. The fourth-order valence-corrected chi connectivity index (χ4v) is 3.50. The van der Waals surface area contributed by atoms with Crippen LogP contribution in [0.2, 0.25) is 5.15 Å². The number of fused-ring (bicyclic) bond motifs is 1. The number of aromatic nitrogens is 3. The van der Waals surface area contributed by atoms with Gasteiger partial charge in [0.1, 0.15) is 16.3 Å². The first-order chi connectivity index (χ1) is 12.7. The Balaban J connectivity index is 1.55. The quantitative estimate of drug-likeness (QED) is 0.761. The number of alkyl carbamates (subject to hydrolysis) is 1. The van der Waals surface area contributed by atoms with Crippen LogP contribution in [0, 0.1) is 6.92 Å². The van der Waals surface area contributed by atoms with E-state index in [-0.39, 0.29) is 18.2 Å². The molecule has 1 aliphatic carbocycles. The van der Waals surface area contributed by atoms with Crippen LogP contribution in [0.3, 0.4) is 0 Å². The first-order valence-electron chi connectivity index (χ1n) is 9.25. The molecular formula is C19H26ClN5O2. The van der Waals surface area contributed by atoms with Crippen LogP contribution in [0.1, 0.15) is 52.0 Å². The van der Waals surface area contributed by atoms with Crippen molar-refractivity contribution in [2.75, 3.05) is 5.32 Å². The second kappa shape index (κ2) is 7.84. The summed E-state index contributed by atoms with van der Waals surface area (Å²) < 4.78 is 5.32. The molecule has 7 nitrogen and oxygen atoms in total. The third-order valence-corrected chi connectivity index (χ3v) is 4.68. The molecular weight excluding hydrogens is 366 g/mol. The van der Waals surface area contributed by atoms with Gasteiger partial charge in [0.05, 0.1) is 11.7 Å². The molecule has 146 valence electrons. The Kier molecular flexibility index (Phi) is 5.69. The topological polar surface area (TPSA) is 89.0 Å². The fourth-order valence-electron chi connectivity index (χ4n) is 3.25. The normalized spacial score (nSPS) is 20.3. The number of nitrogens with zero attached hydrogens (tertiary/aromatic N) is 3. The molecule has 0 spiro atoms. The van der Waals surface area contributed by atoms with Gasteiger partial charge < -0.3 is 15.4 Å². The van der Waals surface area contributed by atoms with Crippen LogP contribution in [-0.4, -0.2) is 38.7 Å². The highest BCUT2D eigenvalue weighted by molar-refractivity contribution is 6.29. The summed E-state index contributed by atoms with van der Waals surface area (Å²) in [5.41, 5.74) is 1.99. The molecule has 1 saturated carbocycles. The van der Waals surface area contributed by atoms with Crippen LogP contribution in [-0.2, 0) is 4.74 Å². The van der Waals surface area contributed by atoms with E-state index in [0.29, 0.717) is 16.6 Å². The van der Waals surface area contributed by atoms with E-state index in [1.54, 1.807) is 12.3 Å². The number of aryl methyl sites for hydroxylation is 1. The molecule has 8 heteroatoms. The van der Waals surface area contributed by atoms with E-state index in [0.717, 1.165) is 36.8 Å². The van der Waals surface area contributed by atoms with Gasteiger partial charge in [-0.3, -0.25) is 0 Å². The van der Waals surface area contributed by atoms with Gasteiger partial charge in [0, 0.05) is 12.1 Å².